The Morgan fingerprint density at radius 3 is 2.81 bits per heavy atom. The fourth-order valence-electron chi connectivity index (χ4n) is 1.72. The van der Waals surface area contributed by atoms with E-state index in [1.165, 1.54) is 11.1 Å². The highest BCUT2D eigenvalue weighted by molar-refractivity contribution is 5.88. The first kappa shape index (κ1) is 10.9. The van der Waals surface area contributed by atoms with E-state index < -0.39 is 0 Å². The molecule has 3 heteroatoms. The van der Waals surface area contributed by atoms with Crippen LogP contribution in [0.2, 0.25) is 0 Å². The minimum Gasteiger partial charge on any atom is -0.490 e. The Labute approximate surface area is 94.7 Å². The highest BCUT2D eigenvalue weighted by Crippen LogP contribution is 2.27. The summed E-state index contributed by atoms with van der Waals surface area (Å²) in [5, 5.41) is 9.76. The molecule has 0 saturated carbocycles. The molecule has 2 rings (SSSR count). The molecule has 0 fully saturated rings. The molecular weight excluding hydrogens is 202 g/mol. The number of aryl methyl sites for hydroxylation is 2. The molecular formula is C13H15NO2. The lowest BCUT2D eigenvalue weighted by molar-refractivity contribution is 0.203. The van der Waals surface area contributed by atoms with Crippen LogP contribution in [-0.2, 0) is 0 Å². The Hall–Kier alpha value is -1.61. The maximum Gasteiger partial charge on any atom is 0.130 e. The van der Waals surface area contributed by atoms with Crippen LogP contribution in [0.15, 0.2) is 24.4 Å². The van der Waals surface area contributed by atoms with Gasteiger partial charge in [0.25, 0.3) is 0 Å². The highest BCUT2D eigenvalue weighted by atomic mass is 16.5. The van der Waals surface area contributed by atoms with Gasteiger partial charge in [0.1, 0.15) is 12.4 Å². The summed E-state index contributed by atoms with van der Waals surface area (Å²) in [5.74, 6) is 0.780. The van der Waals surface area contributed by atoms with E-state index in [2.05, 4.69) is 24.9 Å². The average Bonchev–Trinajstić information content (AvgIpc) is 2.31. The zero-order valence-corrected chi connectivity index (χ0v) is 9.53. The Kier molecular flexibility index (Phi) is 3.06. The van der Waals surface area contributed by atoms with Gasteiger partial charge >= 0.3 is 0 Å². The normalized spacial score (nSPS) is 10.7. The van der Waals surface area contributed by atoms with E-state index in [-0.39, 0.29) is 6.61 Å². The van der Waals surface area contributed by atoms with Crippen LogP contribution >= 0.6 is 0 Å². The van der Waals surface area contributed by atoms with Crippen molar-refractivity contribution in [2.75, 3.05) is 13.2 Å². The van der Waals surface area contributed by atoms with E-state index in [1.807, 2.05) is 12.1 Å². The van der Waals surface area contributed by atoms with Crippen molar-refractivity contribution in [2.24, 2.45) is 0 Å². The third kappa shape index (κ3) is 1.86. The molecule has 1 aromatic carbocycles. The first-order chi connectivity index (χ1) is 7.74. The van der Waals surface area contributed by atoms with E-state index in [9.17, 15) is 0 Å². The number of benzene rings is 1. The molecule has 0 aliphatic carbocycles. The standard InChI is InChI=1S/C13H15NO2/c1-9-3-4-11-12(16-8-7-15)5-6-14-13(11)10(9)2/h3-6,15H,7-8H2,1-2H3. The molecule has 3 nitrogen and oxygen atoms in total. The topological polar surface area (TPSA) is 42.4 Å². The Morgan fingerprint density at radius 1 is 1.25 bits per heavy atom. The van der Waals surface area contributed by atoms with Crippen molar-refractivity contribution in [1.82, 2.24) is 4.98 Å². The minimum atomic E-state index is 0.0225. The highest BCUT2D eigenvalue weighted by Gasteiger charge is 2.06. The van der Waals surface area contributed by atoms with Gasteiger partial charge in [-0.25, -0.2) is 0 Å². The van der Waals surface area contributed by atoms with E-state index in [4.69, 9.17) is 9.84 Å². The van der Waals surface area contributed by atoms with Gasteiger partial charge in [-0.1, -0.05) is 6.07 Å². The number of rotatable bonds is 3. The molecule has 0 unspecified atom stereocenters. The largest absolute Gasteiger partial charge is 0.490 e. The first-order valence-electron chi connectivity index (χ1n) is 5.32. The van der Waals surface area contributed by atoms with Crippen molar-refractivity contribution in [1.29, 1.82) is 0 Å². The van der Waals surface area contributed by atoms with E-state index >= 15 is 0 Å². The number of pyridine rings is 1. The van der Waals surface area contributed by atoms with Crippen LogP contribution in [0.5, 0.6) is 5.75 Å². The van der Waals surface area contributed by atoms with Crippen molar-refractivity contribution in [3.63, 3.8) is 0 Å². The maximum absolute atomic E-state index is 8.76. The average molecular weight is 217 g/mol. The lowest BCUT2D eigenvalue weighted by Gasteiger charge is -2.10. The van der Waals surface area contributed by atoms with Gasteiger partial charge in [0.05, 0.1) is 12.1 Å². The number of hydrogen-bond acceptors (Lipinski definition) is 3. The molecule has 0 aliphatic rings. The summed E-state index contributed by atoms with van der Waals surface area (Å²) in [6.07, 6.45) is 1.74. The molecule has 0 aliphatic heterocycles. The molecule has 1 N–H and O–H groups in total. The zero-order chi connectivity index (χ0) is 11.5. The van der Waals surface area contributed by atoms with Crippen molar-refractivity contribution in [3.05, 3.63) is 35.5 Å². The van der Waals surface area contributed by atoms with Gasteiger partial charge in [0, 0.05) is 11.6 Å². The van der Waals surface area contributed by atoms with Gasteiger partial charge in [0.2, 0.25) is 0 Å². The van der Waals surface area contributed by atoms with Crippen molar-refractivity contribution in [2.45, 2.75) is 13.8 Å². The number of aliphatic hydroxyl groups excluding tert-OH is 1. The molecule has 16 heavy (non-hydrogen) atoms. The Morgan fingerprint density at radius 2 is 2.06 bits per heavy atom. The molecule has 0 atom stereocenters. The molecule has 0 bridgehead atoms. The van der Waals surface area contributed by atoms with Gasteiger partial charge in [0.15, 0.2) is 0 Å². The lowest BCUT2D eigenvalue weighted by Crippen LogP contribution is -2.02. The number of aromatic nitrogens is 1. The lowest BCUT2D eigenvalue weighted by atomic mass is 10.1. The van der Waals surface area contributed by atoms with Gasteiger partial charge in [-0.15, -0.1) is 0 Å². The summed E-state index contributed by atoms with van der Waals surface area (Å²) in [6, 6.07) is 5.90. The molecule has 0 radical (unpaired) electrons. The van der Waals surface area contributed by atoms with Crippen molar-refractivity contribution in [3.8, 4) is 5.75 Å². The molecule has 84 valence electrons. The third-order valence-electron chi connectivity index (χ3n) is 2.75. The van der Waals surface area contributed by atoms with E-state index in [0.29, 0.717) is 6.61 Å². The van der Waals surface area contributed by atoms with Crippen LogP contribution in [0.1, 0.15) is 11.1 Å². The van der Waals surface area contributed by atoms with Crippen LogP contribution in [0.3, 0.4) is 0 Å². The van der Waals surface area contributed by atoms with Crippen molar-refractivity contribution >= 4 is 10.9 Å². The fraction of sp³-hybridized carbons (Fsp3) is 0.308. The summed E-state index contributed by atoms with van der Waals surface area (Å²) < 4.78 is 5.47. The SMILES string of the molecule is Cc1ccc2c(OCCO)ccnc2c1C. The Balaban J connectivity index is 2.56. The maximum atomic E-state index is 8.76. The third-order valence-corrected chi connectivity index (χ3v) is 2.75. The van der Waals surface area contributed by atoms with Crippen LogP contribution in [-0.4, -0.2) is 23.3 Å². The molecule has 0 saturated heterocycles. The number of nitrogens with zero attached hydrogens (tertiary/aromatic N) is 1. The van der Waals surface area contributed by atoms with Crippen LogP contribution in [0.25, 0.3) is 10.9 Å². The summed E-state index contributed by atoms with van der Waals surface area (Å²) in [6.45, 7) is 4.46. The molecule has 1 aromatic heterocycles. The molecule has 0 spiro atoms. The minimum absolute atomic E-state index is 0.0225. The Bertz CT molecular complexity index is 509. The fourth-order valence-corrected chi connectivity index (χ4v) is 1.72. The van der Waals surface area contributed by atoms with Gasteiger partial charge < -0.3 is 9.84 Å². The summed E-state index contributed by atoms with van der Waals surface area (Å²) in [5.41, 5.74) is 3.36. The second-order valence-electron chi connectivity index (χ2n) is 3.78. The zero-order valence-electron chi connectivity index (χ0n) is 9.53. The monoisotopic (exact) mass is 217 g/mol. The smallest absolute Gasteiger partial charge is 0.130 e. The first-order valence-corrected chi connectivity index (χ1v) is 5.32. The van der Waals surface area contributed by atoms with Crippen LogP contribution in [0.4, 0.5) is 0 Å². The number of fused-ring (bicyclic) bond motifs is 1. The summed E-state index contributed by atoms with van der Waals surface area (Å²) in [7, 11) is 0. The van der Waals surface area contributed by atoms with E-state index in [1.54, 1.807) is 6.20 Å². The van der Waals surface area contributed by atoms with Gasteiger partial charge in [-0.3, -0.25) is 4.98 Å². The summed E-state index contributed by atoms with van der Waals surface area (Å²) in [4.78, 5) is 4.37. The number of aliphatic hydroxyl groups is 1. The predicted octanol–water partition coefficient (Wildman–Crippen LogP) is 2.22. The van der Waals surface area contributed by atoms with E-state index in [0.717, 1.165) is 16.7 Å². The number of hydrogen-bond donors (Lipinski definition) is 1. The predicted molar refractivity (Wildman–Crippen MR) is 63.8 cm³/mol. The number of ether oxygens (including phenoxy) is 1. The van der Waals surface area contributed by atoms with Crippen LogP contribution < -0.4 is 4.74 Å². The second kappa shape index (κ2) is 4.49. The molecule has 2 aromatic rings. The molecule has 0 amide bonds. The van der Waals surface area contributed by atoms with Crippen LogP contribution in [0, 0.1) is 13.8 Å². The van der Waals surface area contributed by atoms with Gasteiger partial charge in [-0.2, -0.15) is 0 Å². The second-order valence-corrected chi connectivity index (χ2v) is 3.78. The summed E-state index contributed by atoms with van der Waals surface area (Å²) >= 11 is 0. The quantitative estimate of drug-likeness (QED) is 0.857. The molecule has 1 heterocycles. The van der Waals surface area contributed by atoms with Gasteiger partial charge in [-0.05, 0) is 37.1 Å². The van der Waals surface area contributed by atoms with Crippen molar-refractivity contribution < 1.29 is 9.84 Å².